The van der Waals surface area contributed by atoms with E-state index in [-0.39, 0.29) is 21.7 Å². The van der Waals surface area contributed by atoms with Crippen LogP contribution in [0, 0.1) is 19.8 Å². The first kappa shape index (κ1) is 24.0. The molecule has 4 rings (SSSR count). The number of aryl methyl sites for hydroxylation is 2. The molecule has 0 amide bonds. The van der Waals surface area contributed by atoms with E-state index in [9.17, 15) is 13.2 Å². The van der Waals surface area contributed by atoms with Gasteiger partial charge in [0.2, 0.25) is 9.84 Å². The van der Waals surface area contributed by atoms with E-state index in [4.69, 9.17) is 9.47 Å². The zero-order valence-electron chi connectivity index (χ0n) is 20.0. The van der Waals surface area contributed by atoms with Crippen LogP contribution >= 0.6 is 0 Å². The third kappa shape index (κ3) is 4.46. The van der Waals surface area contributed by atoms with Gasteiger partial charge in [-0.1, -0.05) is 6.07 Å². The SMILES string of the molecule is CCOC(=O)[C@@H]1CCCN(c2c(S(=O)(=O)c3ccc(C)c(C)c3)cnc3ccc(OC)cc23)C1. The Kier molecular flexibility index (Phi) is 6.79. The van der Waals surface area contributed by atoms with Crippen LogP contribution in [0.3, 0.4) is 0 Å². The number of hydrogen-bond acceptors (Lipinski definition) is 7. The molecule has 1 saturated heterocycles. The van der Waals surface area contributed by atoms with Gasteiger partial charge >= 0.3 is 5.97 Å². The molecule has 1 aliphatic heterocycles. The normalized spacial score (nSPS) is 16.5. The summed E-state index contributed by atoms with van der Waals surface area (Å²) in [5, 5.41) is 0.675. The minimum absolute atomic E-state index is 0.126. The van der Waals surface area contributed by atoms with Crippen molar-refractivity contribution >= 4 is 32.4 Å². The summed E-state index contributed by atoms with van der Waals surface area (Å²) in [7, 11) is -2.31. The summed E-state index contributed by atoms with van der Waals surface area (Å²) in [6.45, 7) is 6.95. The second kappa shape index (κ2) is 9.62. The van der Waals surface area contributed by atoms with Gasteiger partial charge in [-0.15, -0.1) is 0 Å². The molecule has 0 unspecified atom stereocenters. The van der Waals surface area contributed by atoms with Gasteiger partial charge in [0.1, 0.15) is 10.6 Å². The quantitative estimate of drug-likeness (QED) is 0.479. The lowest BCUT2D eigenvalue weighted by atomic mass is 9.97. The molecule has 2 heterocycles. The molecule has 34 heavy (non-hydrogen) atoms. The van der Waals surface area contributed by atoms with E-state index < -0.39 is 9.84 Å². The largest absolute Gasteiger partial charge is 0.497 e. The van der Waals surface area contributed by atoms with Crippen LogP contribution in [0.5, 0.6) is 5.75 Å². The minimum atomic E-state index is -3.88. The average Bonchev–Trinajstić information content (AvgIpc) is 2.84. The van der Waals surface area contributed by atoms with Gasteiger partial charge in [0.05, 0.1) is 35.7 Å². The highest BCUT2D eigenvalue weighted by molar-refractivity contribution is 7.91. The highest BCUT2D eigenvalue weighted by atomic mass is 32.2. The number of methoxy groups -OCH3 is 1. The predicted molar refractivity (Wildman–Crippen MR) is 131 cm³/mol. The minimum Gasteiger partial charge on any atom is -0.497 e. The maximum Gasteiger partial charge on any atom is 0.310 e. The molecule has 1 aromatic heterocycles. The Morgan fingerprint density at radius 3 is 2.65 bits per heavy atom. The third-order valence-corrected chi connectivity index (χ3v) is 8.20. The number of ether oxygens (including phenoxy) is 2. The smallest absolute Gasteiger partial charge is 0.310 e. The molecule has 1 fully saturated rings. The molecule has 180 valence electrons. The standard InChI is InChI=1S/C26H30N2O5S/c1-5-33-26(29)19-7-6-12-28(16-19)25-22-14-20(32-4)9-11-23(22)27-15-24(25)34(30,31)21-10-8-17(2)18(3)13-21/h8-11,13-15,19H,5-7,12,16H2,1-4H3/t19-/m1/s1. The fourth-order valence-corrected chi connectivity index (χ4v) is 5.95. The second-order valence-electron chi connectivity index (χ2n) is 8.64. The van der Waals surface area contributed by atoms with Crippen LogP contribution in [0.1, 0.15) is 30.9 Å². The van der Waals surface area contributed by atoms with Crippen molar-refractivity contribution in [3.63, 3.8) is 0 Å². The van der Waals surface area contributed by atoms with Crippen LogP contribution in [-0.4, -0.2) is 46.2 Å². The van der Waals surface area contributed by atoms with Gasteiger partial charge in [-0.05, 0) is 75.1 Å². The van der Waals surface area contributed by atoms with Gasteiger partial charge < -0.3 is 14.4 Å². The Morgan fingerprint density at radius 1 is 1.15 bits per heavy atom. The summed E-state index contributed by atoms with van der Waals surface area (Å²) >= 11 is 0. The number of sulfone groups is 1. The Bertz CT molecular complexity index is 1340. The summed E-state index contributed by atoms with van der Waals surface area (Å²) < 4.78 is 38.5. The number of fused-ring (bicyclic) bond motifs is 1. The Labute approximate surface area is 200 Å². The number of aromatic nitrogens is 1. The maximum atomic E-state index is 13.9. The van der Waals surface area contributed by atoms with Gasteiger partial charge in [-0.2, -0.15) is 0 Å². The molecule has 0 radical (unpaired) electrons. The van der Waals surface area contributed by atoms with Crippen LogP contribution < -0.4 is 9.64 Å². The number of carbonyl (C=O) groups excluding carboxylic acids is 1. The van der Waals surface area contributed by atoms with Crippen molar-refractivity contribution in [3.8, 4) is 5.75 Å². The Morgan fingerprint density at radius 2 is 1.94 bits per heavy atom. The van der Waals surface area contributed by atoms with Crippen molar-refractivity contribution in [2.24, 2.45) is 5.92 Å². The first-order valence-electron chi connectivity index (χ1n) is 11.5. The van der Waals surface area contributed by atoms with Gasteiger partial charge in [-0.3, -0.25) is 9.78 Å². The van der Waals surface area contributed by atoms with Crippen LogP contribution in [0.2, 0.25) is 0 Å². The first-order chi connectivity index (χ1) is 16.3. The molecule has 1 atom stereocenters. The highest BCUT2D eigenvalue weighted by Crippen LogP contribution is 2.39. The first-order valence-corrected chi connectivity index (χ1v) is 12.9. The molecule has 0 aliphatic carbocycles. The molecule has 0 N–H and O–H groups in total. The molecule has 0 saturated carbocycles. The number of nitrogens with zero attached hydrogens (tertiary/aromatic N) is 2. The predicted octanol–water partition coefficient (Wildman–Crippen LogP) is 4.47. The number of hydrogen-bond donors (Lipinski definition) is 0. The molecule has 1 aliphatic rings. The average molecular weight is 483 g/mol. The fourth-order valence-electron chi connectivity index (χ4n) is 4.43. The number of rotatable bonds is 6. The second-order valence-corrected chi connectivity index (χ2v) is 10.6. The zero-order chi connectivity index (χ0) is 24.5. The van der Waals surface area contributed by atoms with Gasteiger partial charge in [-0.25, -0.2) is 8.42 Å². The van der Waals surface area contributed by atoms with Crippen molar-refractivity contribution in [3.05, 3.63) is 53.7 Å². The van der Waals surface area contributed by atoms with Crippen LogP contribution in [0.4, 0.5) is 5.69 Å². The molecular formula is C26H30N2O5S. The van der Waals surface area contributed by atoms with Crippen LogP contribution in [0.25, 0.3) is 10.9 Å². The summed E-state index contributed by atoms with van der Waals surface area (Å²) in [5.41, 5.74) is 3.14. The molecule has 0 bridgehead atoms. The van der Waals surface area contributed by atoms with Gasteiger partial charge in [0.15, 0.2) is 0 Å². The number of anilines is 1. The van der Waals surface area contributed by atoms with Crippen molar-refractivity contribution < 1.29 is 22.7 Å². The Balaban J connectivity index is 1.91. The van der Waals surface area contributed by atoms with E-state index in [2.05, 4.69) is 4.98 Å². The number of esters is 1. The lowest BCUT2D eigenvalue weighted by Gasteiger charge is -2.35. The number of benzene rings is 2. The van der Waals surface area contributed by atoms with Gasteiger partial charge in [0.25, 0.3) is 0 Å². The number of carbonyl (C=O) groups is 1. The van der Waals surface area contributed by atoms with Crippen molar-refractivity contribution in [1.82, 2.24) is 4.98 Å². The van der Waals surface area contributed by atoms with Crippen molar-refractivity contribution in [2.75, 3.05) is 31.7 Å². The van der Waals surface area contributed by atoms with E-state index in [0.29, 0.717) is 48.5 Å². The molecule has 0 spiro atoms. The summed E-state index contributed by atoms with van der Waals surface area (Å²) in [4.78, 5) is 19.3. The van der Waals surface area contributed by atoms with Crippen LogP contribution in [-0.2, 0) is 19.4 Å². The molecule has 2 aromatic carbocycles. The maximum absolute atomic E-state index is 13.9. The fraction of sp³-hybridized carbons (Fsp3) is 0.385. The lowest BCUT2D eigenvalue weighted by Crippen LogP contribution is -2.40. The highest BCUT2D eigenvalue weighted by Gasteiger charge is 2.32. The molecular weight excluding hydrogens is 452 g/mol. The topological polar surface area (TPSA) is 85.8 Å². The Hall–Kier alpha value is -3.13. The summed E-state index contributed by atoms with van der Waals surface area (Å²) in [6.07, 6.45) is 2.89. The van der Waals surface area contributed by atoms with E-state index >= 15 is 0 Å². The van der Waals surface area contributed by atoms with Crippen LogP contribution in [0.15, 0.2) is 52.4 Å². The van der Waals surface area contributed by atoms with Crippen molar-refractivity contribution in [1.29, 1.82) is 0 Å². The van der Waals surface area contributed by atoms with Crippen molar-refractivity contribution in [2.45, 2.75) is 43.4 Å². The van der Waals surface area contributed by atoms with E-state index in [1.54, 1.807) is 32.2 Å². The van der Waals surface area contributed by atoms with E-state index in [0.717, 1.165) is 17.5 Å². The monoisotopic (exact) mass is 482 g/mol. The zero-order valence-corrected chi connectivity index (χ0v) is 20.8. The number of piperidine rings is 1. The summed E-state index contributed by atoms with van der Waals surface area (Å²) in [6, 6.07) is 10.6. The van der Waals surface area contributed by atoms with Gasteiger partial charge in [0, 0.05) is 24.7 Å². The molecule has 8 heteroatoms. The molecule has 3 aromatic rings. The van der Waals surface area contributed by atoms with E-state index in [1.165, 1.54) is 6.20 Å². The molecule has 7 nitrogen and oxygen atoms in total. The van der Waals surface area contributed by atoms with E-state index in [1.807, 2.05) is 36.9 Å². The number of pyridine rings is 1. The summed E-state index contributed by atoms with van der Waals surface area (Å²) in [5.74, 6) is 0.0386. The third-order valence-electron chi connectivity index (χ3n) is 6.45. The lowest BCUT2D eigenvalue weighted by molar-refractivity contribution is -0.148.